The predicted octanol–water partition coefficient (Wildman–Crippen LogP) is 9.65. The van der Waals surface area contributed by atoms with Crippen molar-refractivity contribution in [3.05, 3.63) is 140 Å². The van der Waals surface area contributed by atoms with Crippen molar-refractivity contribution >= 4 is 21.9 Å². The molecule has 2 nitrogen and oxygen atoms in total. The summed E-state index contributed by atoms with van der Waals surface area (Å²) < 4.78 is 6.64. The molecule has 0 aliphatic carbocycles. The van der Waals surface area contributed by atoms with E-state index in [1.165, 1.54) is 11.1 Å². The molecular formula is C35H23NO. The van der Waals surface area contributed by atoms with Crippen LogP contribution in [0.1, 0.15) is 0 Å². The van der Waals surface area contributed by atoms with Crippen LogP contribution in [-0.4, -0.2) is 4.98 Å². The Hall–Kier alpha value is -4.95. The average molecular weight is 474 g/mol. The Labute approximate surface area is 215 Å². The lowest BCUT2D eigenvalue weighted by molar-refractivity contribution is 0.671. The van der Waals surface area contributed by atoms with Crippen molar-refractivity contribution in [2.45, 2.75) is 0 Å². The van der Waals surface area contributed by atoms with Gasteiger partial charge in [-0.3, -0.25) is 0 Å². The molecule has 0 radical (unpaired) electrons. The number of hydrogen-bond donors (Lipinski definition) is 0. The first-order valence-electron chi connectivity index (χ1n) is 12.5. The second-order valence-corrected chi connectivity index (χ2v) is 9.18. The molecule has 2 heteroatoms. The Morgan fingerprint density at radius 2 is 0.865 bits per heavy atom. The van der Waals surface area contributed by atoms with Crippen molar-refractivity contribution in [2.75, 3.05) is 0 Å². The quantitative estimate of drug-likeness (QED) is 0.254. The minimum Gasteiger partial charge on any atom is -0.455 e. The van der Waals surface area contributed by atoms with Crippen LogP contribution in [-0.2, 0) is 0 Å². The largest absolute Gasteiger partial charge is 0.455 e. The molecule has 0 saturated carbocycles. The molecule has 37 heavy (non-hydrogen) atoms. The lowest BCUT2D eigenvalue weighted by Gasteiger charge is -2.06. The minimum atomic E-state index is 0.864. The zero-order valence-corrected chi connectivity index (χ0v) is 20.1. The maximum atomic E-state index is 6.64. The molecular weight excluding hydrogens is 450 g/mol. The second-order valence-electron chi connectivity index (χ2n) is 9.18. The maximum absolute atomic E-state index is 6.64. The van der Waals surface area contributed by atoms with E-state index in [-0.39, 0.29) is 0 Å². The van der Waals surface area contributed by atoms with Gasteiger partial charge in [0.05, 0.1) is 11.4 Å². The van der Waals surface area contributed by atoms with E-state index in [0.717, 1.165) is 55.6 Å². The van der Waals surface area contributed by atoms with Crippen LogP contribution in [0, 0.1) is 0 Å². The molecule has 0 amide bonds. The van der Waals surface area contributed by atoms with Gasteiger partial charge in [0.25, 0.3) is 0 Å². The summed E-state index contributed by atoms with van der Waals surface area (Å²) in [7, 11) is 0. The lowest BCUT2D eigenvalue weighted by Crippen LogP contribution is -1.88. The zero-order valence-electron chi connectivity index (χ0n) is 20.1. The third kappa shape index (κ3) is 3.80. The van der Waals surface area contributed by atoms with E-state index in [1.54, 1.807) is 0 Å². The molecule has 0 spiro atoms. The standard InChI is InChI=1S/C35H23NO/c1-3-10-24(11-4-1)25-20-22-26(23-21-25)28-14-7-15-29-30-16-8-17-31(35(30)37-34(28)29)33-19-9-18-32(36-33)27-12-5-2-6-13-27/h1-23H. The molecule has 0 N–H and O–H groups in total. The van der Waals surface area contributed by atoms with Gasteiger partial charge in [-0.15, -0.1) is 0 Å². The Balaban J connectivity index is 1.35. The Morgan fingerprint density at radius 3 is 1.57 bits per heavy atom. The van der Waals surface area contributed by atoms with Gasteiger partial charge in [-0.2, -0.15) is 0 Å². The number of para-hydroxylation sites is 2. The summed E-state index contributed by atoms with van der Waals surface area (Å²) in [5.41, 5.74) is 10.4. The first kappa shape index (κ1) is 21.3. The summed E-state index contributed by atoms with van der Waals surface area (Å²) in [5, 5.41) is 2.21. The number of furan rings is 1. The van der Waals surface area contributed by atoms with E-state index in [2.05, 4.69) is 115 Å². The molecule has 174 valence electrons. The molecule has 7 aromatic rings. The third-order valence-corrected chi connectivity index (χ3v) is 6.92. The Morgan fingerprint density at radius 1 is 0.351 bits per heavy atom. The van der Waals surface area contributed by atoms with Crippen LogP contribution in [0.5, 0.6) is 0 Å². The fourth-order valence-corrected chi connectivity index (χ4v) is 5.08. The third-order valence-electron chi connectivity index (χ3n) is 6.92. The highest BCUT2D eigenvalue weighted by atomic mass is 16.3. The van der Waals surface area contributed by atoms with E-state index < -0.39 is 0 Å². The number of fused-ring (bicyclic) bond motifs is 3. The van der Waals surface area contributed by atoms with E-state index in [4.69, 9.17) is 9.40 Å². The van der Waals surface area contributed by atoms with Gasteiger partial charge in [-0.25, -0.2) is 4.98 Å². The summed E-state index contributed by atoms with van der Waals surface area (Å²) in [6, 6.07) is 48.3. The first-order chi connectivity index (χ1) is 18.3. The maximum Gasteiger partial charge on any atom is 0.144 e. The normalized spacial score (nSPS) is 11.2. The van der Waals surface area contributed by atoms with Gasteiger partial charge in [0.15, 0.2) is 0 Å². The van der Waals surface area contributed by atoms with Crippen LogP contribution in [0.15, 0.2) is 144 Å². The molecule has 0 aliphatic rings. The van der Waals surface area contributed by atoms with Gasteiger partial charge in [-0.05, 0) is 34.9 Å². The van der Waals surface area contributed by atoms with Gasteiger partial charge >= 0.3 is 0 Å². The number of pyridine rings is 1. The number of aromatic nitrogens is 1. The average Bonchev–Trinajstić information content (AvgIpc) is 3.37. The van der Waals surface area contributed by atoms with Gasteiger partial charge in [0.1, 0.15) is 11.2 Å². The molecule has 0 atom stereocenters. The molecule has 2 heterocycles. The van der Waals surface area contributed by atoms with Crippen LogP contribution in [0.3, 0.4) is 0 Å². The van der Waals surface area contributed by atoms with Gasteiger partial charge in [0, 0.05) is 27.5 Å². The van der Waals surface area contributed by atoms with E-state index in [1.807, 2.05) is 24.3 Å². The highest BCUT2D eigenvalue weighted by Crippen LogP contribution is 2.40. The van der Waals surface area contributed by atoms with Crippen LogP contribution in [0.4, 0.5) is 0 Å². The molecule has 5 aromatic carbocycles. The van der Waals surface area contributed by atoms with Crippen molar-refractivity contribution in [2.24, 2.45) is 0 Å². The van der Waals surface area contributed by atoms with Crippen LogP contribution in [0.25, 0.3) is 66.7 Å². The molecule has 0 saturated heterocycles. The van der Waals surface area contributed by atoms with Gasteiger partial charge < -0.3 is 4.42 Å². The summed E-state index contributed by atoms with van der Waals surface area (Å²) in [6.07, 6.45) is 0. The van der Waals surface area contributed by atoms with Crippen molar-refractivity contribution in [1.29, 1.82) is 0 Å². The molecule has 0 bridgehead atoms. The van der Waals surface area contributed by atoms with E-state index in [0.29, 0.717) is 0 Å². The van der Waals surface area contributed by atoms with Crippen molar-refractivity contribution < 1.29 is 4.42 Å². The van der Waals surface area contributed by atoms with Crippen LogP contribution >= 0.6 is 0 Å². The molecule has 2 aromatic heterocycles. The Bertz CT molecular complexity index is 1850. The number of rotatable bonds is 4. The fourth-order valence-electron chi connectivity index (χ4n) is 5.08. The van der Waals surface area contributed by atoms with E-state index in [9.17, 15) is 0 Å². The topological polar surface area (TPSA) is 26.0 Å². The van der Waals surface area contributed by atoms with Crippen LogP contribution < -0.4 is 0 Å². The van der Waals surface area contributed by atoms with E-state index >= 15 is 0 Å². The zero-order chi connectivity index (χ0) is 24.6. The summed E-state index contributed by atoms with van der Waals surface area (Å²) in [5.74, 6) is 0. The Kier molecular flexibility index (Phi) is 5.15. The first-order valence-corrected chi connectivity index (χ1v) is 12.5. The highest BCUT2D eigenvalue weighted by molar-refractivity contribution is 6.12. The van der Waals surface area contributed by atoms with Crippen molar-refractivity contribution in [1.82, 2.24) is 4.98 Å². The van der Waals surface area contributed by atoms with Crippen LogP contribution in [0.2, 0.25) is 0 Å². The van der Waals surface area contributed by atoms with Gasteiger partial charge in [0.2, 0.25) is 0 Å². The number of hydrogen-bond acceptors (Lipinski definition) is 2. The molecule has 0 fully saturated rings. The van der Waals surface area contributed by atoms with Crippen molar-refractivity contribution in [3.8, 4) is 44.8 Å². The number of benzene rings is 5. The smallest absolute Gasteiger partial charge is 0.144 e. The molecule has 7 rings (SSSR count). The molecule has 0 unspecified atom stereocenters. The number of nitrogens with zero attached hydrogens (tertiary/aromatic N) is 1. The summed E-state index contributed by atoms with van der Waals surface area (Å²) in [6.45, 7) is 0. The lowest BCUT2D eigenvalue weighted by atomic mass is 9.98. The second kappa shape index (κ2) is 8.92. The van der Waals surface area contributed by atoms with Gasteiger partial charge in [-0.1, -0.05) is 121 Å². The monoisotopic (exact) mass is 473 g/mol. The molecule has 0 aliphatic heterocycles. The predicted molar refractivity (Wildman–Crippen MR) is 153 cm³/mol. The fraction of sp³-hybridized carbons (Fsp3) is 0. The SMILES string of the molecule is c1ccc(-c2ccc(-c3cccc4c3oc3c(-c5cccc(-c6ccccc6)n5)cccc34)cc2)cc1. The minimum absolute atomic E-state index is 0.864. The summed E-state index contributed by atoms with van der Waals surface area (Å²) in [4.78, 5) is 4.99. The highest BCUT2D eigenvalue weighted by Gasteiger charge is 2.16. The summed E-state index contributed by atoms with van der Waals surface area (Å²) >= 11 is 0. The van der Waals surface area contributed by atoms with Crippen molar-refractivity contribution in [3.63, 3.8) is 0 Å².